The number of piperidine rings is 1. The lowest BCUT2D eigenvalue weighted by molar-refractivity contribution is 0.0322. The van der Waals surface area contributed by atoms with Crippen LogP contribution in [0.5, 0.6) is 46.0 Å². The molecule has 0 bridgehead atoms. The topological polar surface area (TPSA) is 274 Å². The lowest BCUT2D eigenvalue weighted by atomic mass is 9.92. The first-order chi connectivity index (χ1) is 72.5. The molecule has 33 heteroatoms. The third kappa shape index (κ3) is 25.2. The monoisotopic (exact) mass is 2140 g/mol. The fourth-order valence-electron chi connectivity index (χ4n) is 20.0. The number of aromatic nitrogens is 4. The smallest absolute Gasteiger partial charge is 0.416 e. The summed E-state index contributed by atoms with van der Waals surface area (Å²) in [6.45, 7) is 14.8. The molecule has 6 aliphatic heterocycles. The molecule has 0 saturated carbocycles. The molecular weight excluding hydrogens is 2040 g/mol. The molecule has 6 aliphatic rings. The van der Waals surface area contributed by atoms with Crippen molar-refractivity contribution in [3.8, 4) is 46.0 Å². The summed E-state index contributed by atoms with van der Waals surface area (Å²) in [5, 5.41) is 27.2. The van der Waals surface area contributed by atoms with Crippen LogP contribution in [0.4, 0.5) is 23.6 Å². The van der Waals surface area contributed by atoms with Gasteiger partial charge in [-0.15, -0.1) is 0 Å². The predicted molar refractivity (Wildman–Crippen MR) is 580 cm³/mol. The first kappa shape index (κ1) is 104. The van der Waals surface area contributed by atoms with E-state index in [1.165, 1.54) is 54.7 Å². The second kappa shape index (κ2) is 48.5. The molecule has 10 heterocycles. The molecule has 5 atom stereocenters. The maximum atomic E-state index is 13.5. The van der Waals surface area contributed by atoms with Crippen molar-refractivity contribution in [3.05, 3.63) is 388 Å². The average molecular weight is 2150 g/mol. The Hall–Kier alpha value is -13.4. The van der Waals surface area contributed by atoms with Gasteiger partial charge in [-0.1, -0.05) is 149 Å². The van der Waals surface area contributed by atoms with Crippen molar-refractivity contribution in [2.24, 2.45) is 0 Å². The van der Waals surface area contributed by atoms with Gasteiger partial charge in [0, 0.05) is 160 Å². The van der Waals surface area contributed by atoms with E-state index in [9.17, 15) is 28.7 Å². The molecular formula is C116H108Cl7FN10O15. The molecule has 25 nitrogen and oxygen atoms in total. The minimum atomic E-state index is -0.823. The molecule has 2 saturated heterocycles. The summed E-state index contributed by atoms with van der Waals surface area (Å²) in [5.41, 5.74) is 16.0. The van der Waals surface area contributed by atoms with Gasteiger partial charge in [0.25, 0.3) is 0 Å². The van der Waals surface area contributed by atoms with Gasteiger partial charge in [0.05, 0.1) is 32.5 Å². The second-order valence-corrected chi connectivity index (χ2v) is 40.0. The molecule has 6 N–H and O–H groups in total. The second-order valence-electron chi connectivity index (χ2n) is 36.9. The lowest BCUT2D eigenvalue weighted by Gasteiger charge is -2.35. The van der Waals surface area contributed by atoms with Crippen molar-refractivity contribution in [1.29, 1.82) is 0 Å². The quantitative estimate of drug-likeness (QED) is 0.0307. The Labute approximate surface area is 895 Å². The minimum absolute atomic E-state index is 0.257. The van der Waals surface area contributed by atoms with E-state index >= 15 is 0 Å². The normalized spacial score (nSPS) is 16.7. The van der Waals surface area contributed by atoms with Crippen LogP contribution >= 0.6 is 81.2 Å². The van der Waals surface area contributed by atoms with Gasteiger partial charge in [0.2, 0.25) is 0 Å². The number of benzene rings is 12. The van der Waals surface area contributed by atoms with Gasteiger partial charge in [0.1, 0.15) is 95.8 Å². The number of hydrogen-bond donors (Lipinski definition) is 6. The van der Waals surface area contributed by atoms with Crippen LogP contribution in [0.2, 0.25) is 35.2 Å². The van der Waals surface area contributed by atoms with E-state index < -0.39 is 42.3 Å². The number of aliphatic hydroxyl groups is 2. The van der Waals surface area contributed by atoms with E-state index in [4.69, 9.17) is 129 Å². The highest BCUT2D eigenvalue weighted by Gasteiger charge is 2.42. The van der Waals surface area contributed by atoms with Gasteiger partial charge in [0.15, 0.2) is 0 Å². The van der Waals surface area contributed by atoms with Crippen LogP contribution in [0, 0.1) is 5.82 Å². The largest absolute Gasteiger partial charge is 0.493 e. The number of hydrogen-bond acceptors (Lipinski definition) is 17. The maximum absolute atomic E-state index is 13.5. The molecule has 0 spiro atoms. The minimum Gasteiger partial charge on any atom is -0.493 e. The molecule has 16 aromatic rings. The first-order valence-corrected chi connectivity index (χ1v) is 52.2. The summed E-state index contributed by atoms with van der Waals surface area (Å²) < 4.78 is 65.0. The molecule has 12 aromatic carbocycles. The number of carbonyl (C=O) groups is 4. The lowest BCUT2D eigenvalue weighted by Crippen LogP contribution is -2.42. The fraction of sp³-hybridized carbons (Fsp3) is 0.259. The van der Waals surface area contributed by atoms with Crippen molar-refractivity contribution < 1.29 is 76.4 Å². The summed E-state index contributed by atoms with van der Waals surface area (Å²) >= 11 is 43.2. The van der Waals surface area contributed by atoms with Gasteiger partial charge in [-0.05, 0) is 315 Å². The van der Waals surface area contributed by atoms with Crippen LogP contribution in [0.25, 0.3) is 43.6 Å². The van der Waals surface area contributed by atoms with Crippen LogP contribution in [0.15, 0.2) is 280 Å². The number of morpholine rings is 1. The van der Waals surface area contributed by atoms with E-state index in [-0.39, 0.29) is 37.1 Å². The molecule has 22 rings (SSSR count). The van der Waals surface area contributed by atoms with E-state index in [2.05, 4.69) is 36.3 Å². The molecule has 0 radical (unpaired) electrons. The number of likely N-dealkylation sites (tertiary alicyclic amines) is 1. The Balaban J connectivity index is 0.000000125. The number of H-pyrrole nitrogens is 4. The molecule has 0 aliphatic carbocycles. The molecule has 4 amide bonds. The zero-order chi connectivity index (χ0) is 103. The van der Waals surface area contributed by atoms with Crippen LogP contribution in [0.3, 0.4) is 0 Å². The first-order valence-electron chi connectivity index (χ1n) is 49.6. The molecule has 2 fully saturated rings. The summed E-state index contributed by atoms with van der Waals surface area (Å²) in [6, 6.07) is 78.5. The summed E-state index contributed by atoms with van der Waals surface area (Å²) in [7, 11) is 0. The molecule has 4 aromatic heterocycles. The van der Waals surface area contributed by atoms with Gasteiger partial charge in [-0.25, -0.2) is 23.6 Å². The van der Waals surface area contributed by atoms with Crippen LogP contribution in [0.1, 0.15) is 117 Å². The van der Waals surface area contributed by atoms with Crippen molar-refractivity contribution in [1.82, 2.24) is 49.3 Å². The summed E-state index contributed by atoms with van der Waals surface area (Å²) in [6.07, 6.45) is 5.93. The zero-order valence-corrected chi connectivity index (χ0v) is 86.5. The number of ether oxygens (including phenoxy) is 9. The molecule has 768 valence electrons. The Kier molecular flexibility index (Phi) is 33.9. The van der Waals surface area contributed by atoms with E-state index in [1.807, 2.05) is 158 Å². The number of halogens is 8. The Morgan fingerprint density at radius 3 is 0.913 bits per heavy atom. The number of nitrogens with one attached hydrogen (secondary N) is 4. The predicted octanol–water partition coefficient (Wildman–Crippen LogP) is 26.2. The highest BCUT2D eigenvalue weighted by Crippen LogP contribution is 2.47. The van der Waals surface area contributed by atoms with Gasteiger partial charge in [-0.3, -0.25) is 29.4 Å². The van der Waals surface area contributed by atoms with E-state index in [0.717, 1.165) is 169 Å². The van der Waals surface area contributed by atoms with Crippen molar-refractivity contribution in [3.63, 3.8) is 0 Å². The summed E-state index contributed by atoms with van der Waals surface area (Å²) in [5.74, 6) is 4.14. The van der Waals surface area contributed by atoms with Crippen LogP contribution in [-0.2, 0) is 30.4 Å². The number of aliphatic hydroxyl groups excluding tert-OH is 2. The SMILES string of the molecule is C=CCOc1ccc([C@@H]2c3[nH]c4ccc(Cl)cc4c3CCN2C(=O)Oc2ccc(Cl)cc2)cc1.O=C(Oc1ccc(Cl)cc1)N1CCc2c([nH]c3ccc(Cl)cc23)C1c1ccc(OCCN2CCCCC2)cc1.O=C(Oc1ccc(Cl)cc1)N1CCc2c([nH]c3ccc(Cl)cc23)C1c1ccc(OCCN2CCOCC2)cc1.O=C(Oc1ccc(F)cc1)N1CCc2c([nH]c3ccc(Cl)cc23)[C@@H]1c1ccc(OCC[C@H](O)CO)cc1. The van der Waals surface area contributed by atoms with Crippen molar-refractivity contribution in [2.45, 2.75) is 81.6 Å². The van der Waals surface area contributed by atoms with Crippen molar-refractivity contribution in [2.75, 3.05) is 112 Å². The zero-order valence-electron chi connectivity index (χ0n) is 81.2. The Bertz CT molecular complexity index is 7160. The number of amides is 4. The third-order valence-corrected chi connectivity index (χ3v) is 29.1. The Morgan fingerprint density at radius 1 is 0.349 bits per heavy atom. The van der Waals surface area contributed by atoms with Gasteiger partial charge >= 0.3 is 24.4 Å². The standard InChI is InChI=1S/C31H31Cl2N3O3.C30H29Cl2N3O4.C28H26ClFN2O5.C27H22Cl2N2O3/c32-22-6-11-25(12-7-22)39-31(37)36-17-14-26-27-20-23(33)8-13-28(27)34-29(26)30(36)21-4-9-24(10-5-21)38-19-18-35-15-2-1-3-16-35;31-21-3-8-24(9-4-21)39-30(36)35-12-11-25-26-19-22(32)5-10-27(26)33-28(25)29(35)20-1-6-23(7-2-20)38-18-15-34-13-16-37-17-14-34;29-18-3-10-25-24(15-18)23-11-13-32(28(35)37-22-8-4-19(30)5-9-22)27(26(23)31-25)17-1-6-21(7-2-17)36-14-12-20(34)16-33;1-2-15-33-20-8-3-17(4-9-20)26-25-22(23-16-19(29)7-12-24(23)30-25)13-14-31(26)27(32)34-21-10-5-18(28)6-11-21/h4-13,20,30,34H,1-3,14-19H2;1-10,19,29,33H,11-18H2;1-10,15,20,27,31,33-34H,11-14,16H2;2-12,16,26,30H,1,13-15H2/t;;20-,27-;26-/m..01/s1. The number of aromatic amines is 4. The van der Waals surface area contributed by atoms with Gasteiger partial charge in [-0.2, -0.15) is 0 Å². The highest BCUT2D eigenvalue weighted by molar-refractivity contribution is 6.33. The third-order valence-electron chi connectivity index (χ3n) is 27.4. The van der Waals surface area contributed by atoms with E-state index in [1.54, 1.807) is 111 Å². The number of fused-ring (bicyclic) bond motifs is 12. The Morgan fingerprint density at radius 2 is 0.617 bits per heavy atom. The summed E-state index contributed by atoms with van der Waals surface area (Å²) in [4.78, 5) is 79.5. The average Bonchev–Trinajstić information content (AvgIpc) is 1.62. The number of carbonyl (C=O) groups excluding carboxylic acids is 4. The van der Waals surface area contributed by atoms with Crippen LogP contribution < -0.4 is 37.9 Å². The fourth-order valence-corrected chi connectivity index (χ4v) is 21.1. The van der Waals surface area contributed by atoms with Gasteiger partial charge < -0.3 is 72.8 Å². The molecule has 2 unspecified atom stereocenters. The molecule has 149 heavy (non-hydrogen) atoms. The maximum Gasteiger partial charge on any atom is 0.416 e. The highest BCUT2D eigenvalue weighted by atomic mass is 35.5. The number of rotatable bonds is 24. The van der Waals surface area contributed by atoms with E-state index in [0.29, 0.717) is 136 Å². The number of nitrogens with zero attached hydrogens (tertiary/aromatic N) is 6. The van der Waals surface area contributed by atoms with Crippen molar-refractivity contribution >= 4 is 149 Å². The van der Waals surface area contributed by atoms with Crippen LogP contribution in [-0.4, -0.2) is 202 Å².